The van der Waals surface area contributed by atoms with Crippen LogP contribution in [-0.2, 0) is 19.6 Å². The SMILES string of the molecule is Cc1cccc(NC(=O)C(=O)NCC[C@H]2CCCCN2S(=O)(=O)c2ccccc2)c1C. The zero-order chi connectivity index (χ0) is 22.4. The van der Waals surface area contributed by atoms with E-state index in [1.165, 1.54) is 4.31 Å². The van der Waals surface area contributed by atoms with Gasteiger partial charge in [0.15, 0.2) is 0 Å². The van der Waals surface area contributed by atoms with Crippen LogP contribution in [-0.4, -0.2) is 43.7 Å². The summed E-state index contributed by atoms with van der Waals surface area (Å²) in [7, 11) is -3.59. The standard InChI is InChI=1S/C23H29N3O4S/c1-17-9-8-13-21(18(17)2)25-23(28)22(27)24-15-14-19-10-6-7-16-26(19)31(29,30)20-11-4-3-5-12-20/h3-5,8-9,11-13,19H,6-7,10,14-16H2,1-2H3,(H,24,27)(H,25,28)/t19-/m1/s1. The molecule has 2 N–H and O–H groups in total. The van der Waals surface area contributed by atoms with Gasteiger partial charge in [0.25, 0.3) is 0 Å². The summed E-state index contributed by atoms with van der Waals surface area (Å²) in [6.07, 6.45) is 2.94. The van der Waals surface area contributed by atoms with E-state index in [9.17, 15) is 18.0 Å². The molecule has 1 aliphatic rings. The molecule has 1 aliphatic heterocycles. The fourth-order valence-corrected chi connectivity index (χ4v) is 5.55. The van der Waals surface area contributed by atoms with Crippen LogP contribution in [0.4, 0.5) is 5.69 Å². The number of hydrogen-bond acceptors (Lipinski definition) is 4. The number of anilines is 1. The van der Waals surface area contributed by atoms with Gasteiger partial charge in [-0.05, 0) is 62.4 Å². The van der Waals surface area contributed by atoms with E-state index in [-0.39, 0.29) is 17.5 Å². The fraction of sp³-hybridized carbons (Fsp3) is 0.391. The first-order chi connectivity index (χ1) is 14.8. The third-order valence-electron chi connectivity index (χ3n) is 5.75. The van der Waals surface area contributed by atoms with Crippen LogP contribution < -0.4 is 10.6 Å². The van der Waals surface area contributed by atoms with Crippen LogP contribution in [0.5, 0.6) is 0 Å². The molecule has 0 spiro atoms. The molecule has 166 valence electrons. The lowest BCUT2D eigenvalue weighted by molar-refractivity contribution is -0.136. The fourth-order valence-electron chi connectivity index (χ4n) is 3.80. The van der Waals surface area contributed by atoms with Gasteiger partial charge in [0.05, 0.1) is 4.90 Å². The Bertz CT molecular complexity index is 1040. The molecule has 0 aromatic heterocycles. The van der Waals surface area contributed by atoms with E-state index in [4.69, 9.17) is 0 Å². The topological polar surface area (TPSA) is 95.6 Å². The molecule has 1 atom stereocenters. The Morgan fingerprint density at radius 1 is 1.00 bits per heavy atom. The Kier molecular flexibility index (Phi) is 7.46. The molecule has 31 heavy (non-hydrogen) atoms. The van der Waals surface area contributed by atoms with Crippen molar-refractivity contribution in [1.29, 1.82) is 0 Å². The molecular formula is C23H29N3O4S. The molecule has 0 aliphatic carbocycles. The molecule has 0 saturated carbocycles. The average Bonchev–Trinajstić information content (AvgIpc) is 2.77. The van der Waals surface area contributed by atoms with Gasteiger partial charge < -0.3 is 10.6 Å². The van der Waals surface area contributed by atoms with Gasteiger partial charge >= 0.3 is 11.8 Å². The van der Waals surface area contributed by atoms with E-state index in [0.29, 0.717) is 18.7 Å². The quantitative estimate of drug-likeness (QED) is 0.671. The van der Waals surface area contributed by atoms with E-state index < -0.39 is 21.8 Å². The number of carbonyl (C=O) groups is 2. The molecule has 1 fully saturated rings. The Morgan fingerprint density at radius 2 is 1.74 bits per heavy atom. The van der Waals surface area contributed by atoms with E-state index in [1.54, 1.807) is 36.4 Å². The Labute approximate surface area is 183 Å². The summed E-state index contributed by atoms with van der Waals surface area (Å²) in [6, 6.07) is 13.7. The second-order valence-electron chi connectivity index (χ2n) is 7.82. The lowest BCUT2D eigenvalue weighted by atomic mass is 10.0. The first kappa shape index (κ1) is 23.0. The highest BCUT2D eigenvalue weighted by atomic mass is 32.2. The predicted molar refractivity (Wildman–Crippen MR) is 120 cm³/mol. The minimum absolute atomic E-state index is 0.207. The van der Waals surface area contributed by atoms with Crippen LogP contribution in [0.15, 0.2) is 53.4 Å². The van der Waals surface area contributed by atoms with Crippen LogP contribution in [0, 0.1) is 13.8 Å². The minimum atomic E-state index is -3.59. The maximum absolute atomic E-state index is 13.0. The van der Waals surface area contributed by atoms with Crippen molar-refractivity contribution in [2.45, 2.75) is 50.5 Å². The molecule has 2 amide bonds. The van der Waals surface area contributed by atoms with Crippen molar-refractivity contribution < 1.29 is 18.0 Å². The second-order valence-corrected chi connectivity index (χ2v) is 9.72. The number of aryl methyl sites for hydroxylation is 1. The molecule has 2 aromatic rings. The summed E-state index contributed by atoms with van der Waals surface area (Å²) in [4.78, 5) is 24.7. The third kappa shape index (κ3) is 5.51. The van der Waals surface area contributed by atoms with Crippen LogP contribution in [0.3, 0.4) is 0 Å². The third-order valence-corrected chi connectivity index (χ3v) is 7.71. The first-order valence-electron chi connectivity index (χ1n) is 10.5. The number of amides is 2. The highest BCUT2D eigenvalue weighted by molar-refractivity contribution is 7.89. The van der Waals surface area contributed by atoms with Gasteiger partial charge in [-0.3, -0.25) is 9.59 Å². The number of benzene rings is 2. The molecular weight excluding hydrogens is 414 g/mol. The predicted octanol–water partition coefficient (Wildman–Crippen LogP) is 2.99. The van der Waals surface area contributed by atoms with Crippen LogP contribution in [0.1, 0.15) is 36.8 Å². The Morgan fingerprint density at radius 3 is 2.48 bits per heavy atom. The lowest BCUT2D eigenvalue weighted by Gasteiger charge is -2.34. The summed E-state index contributed by atoms with van der Waals surface area (Å²) in [5, 5.41) is 5.26. The van der Waals surface area contributed by atoms with Crippen molar-refractivity contribution in [2.24, 2.45) is 0 Å². The van der Waals surface area contributed by atoms with Gasteiger partial charge in [-0.2, -0.15) is 4.31 Å². The highest BCUT2D eigenvalue weighted by Crippen LogP contribution is 2.26. The van der Waals surface area contributed by atoms with Crippen LogP contribution in [0.25, 0.3) is 0 Å². The summed E-state index contributed by atoms with van der Waals surface area (Å²) in [5.41, 5.74) is 2.54. The number of nitrogens with one attached hydrogen (secondary N) is 2. The highest BCUT2D eigenvalue weighted by Gasteiger charge is 2.33. The average molecular weight is 444 g/mol. The first-order valence-corrected chi connectivity index (χ1v) is 12.0. The number of nitrogens with zero attached hydrogens (tertiary/aromatic N) is 1. The Hall–Kier alpha value is -2.71. The minimum Gasteiger partial charge on any atom is -0.348 e. The molecule has 0 unspecified atom stereocenters. The van der Waals surface area contributed by atoms with E-state index in [1.807, 2.05) is 26.0 Å². The van der Waals surface area contributed by atoms with Crippen molar-refractivity contribution in [3.05, 3.63) is 59.7 Å². The molecule has 2 aromatic carbocycles. The molecule has 0 radical (unpaired) electrons. The van der Waals surface area contributed by atoms with Gasteiger partial charge in [-0.1, -0.05) is 36.8 Å². The van der Waals surface area contributed by atoms with E-state index >= 15 is 0 Å². The molecule has 1 heterocycles. The number of piperidine rings is 1. The number of rotatable bonds is 6. The number of carbonyl (C=O) groups excluding carboxylic acids is 2. The van der Waals surface area contributed by atoms with Crippen molar-refractivity contribution in [3.8, 4) is 0 Å². The van der Waals surface area contributed by atoms with Gasteiger partial charge in [0, 0.05) is 24.8 Å². The summed E-state index contributed by atoms with van der Waals surface area (Å²) in [5.74, 6) is -1.46. The maximum atomic E-state index is 13.0. The molecule has 8 heteroatoms. The number of hydrogen-bond donors (Lipinski definition) is 2. The molecule has 1 saturated heterocycles. The van der Waals surface area contributed by atoms with Crippen molar-refractivity contribution >= 4 is 27.5 Å². The zero-order valence-electron chi connectivity index (χ0n) is 17.9. The second kappa shape index (κ2) is 10.1. The summed E-state index contributed by atoms with van der Waals surface area (Å²) in [6.45, 7) is 4.51. The van der Waals surface area contributed by atoms with Gasteiger partial charge in [-0.15, -0.1) is 0 Å². The molecule has 3 rings (SSSR count). The smallest absolute Gasteiger partial charge is 0.313 e. The van der Waals surface area contributed by atoms with E-state index in [0.717, 1.165) is 30.4 Å². The molecule has 7 nitrogen and oxygen atoms in total. The summed E-state index contributed by atoms with van der Waals surface area (Å²) < 4.78 is 27.6. The lowest BCUT2D eigenvalue weighted by Crippen LogP contribution is -2.45. The maximum Gasteiger partial charge on any atom is 0.313 e. The van der Waals surface area contributed by atoms with Crippen LogP contribution >= 0.6 is 0 Å². The number of sulfonamides is 1. The molecule has 0 bridgehead atoms. The van der Waals surface area contributed by atoms with Gasteiger partial charge in [0.2, 0.25) is 10.0 Å². The van der Waals surface area contributed by atoms with Crippen LogP contribution in [0.2, 0.25) is 0 Å². The largest absolute Gasteiger partial charge is 0.348 e. The normalized spacial score (nSPS) is 17.2. The zero-order valence-corrected chi connectivity index (χ0v) is 18.7. The van der Waals surface area contributed by atoms with Gasteiger partial charge in [0.1, 0.15) is 0 Å². The van der Waals surface area contributed by atoms with E-state index in [2.05, 4.69) is 10.6 Å². The Balaban J connectivity index is 1.57. The van der Waals surface area contributed by atoms with Crippen molar-refractivity contribution in [1.82, 2.24) is 9.62 Å². The summed E-state index contributed by atoms with van der Waals surface area (Å²) >= 11 is 0. The van der Waals surface area contributed by atoms with Crippen molar-refractivity contribution in [2.75, 3.05) is 18.4 Å². The van der Waals surface area contributed by atoms with Gasteiger partial charge in [-0.25, -0.2) is 8.42 Å². The monoisotopic (exact) mass is 443 g/mol. The van der Waals surface area contributed by atoms with Crippen molar-refractivity contribution in [3.63, 3.8) is 0 Å².